The zero-order valence-corrected chi connectivity index (χ0v) is 12.3. The maximum Gasteiger partial charge on any atom is 0.256 e. The molecule has 2 rings (SSSR count). The quantitative estimate of drug-likeness (QED) is 0.788. The van der Waals surface area contributed by atoms with E-state index in [0.717, 1.165) is 18.8 Å². The number of anilines is 1. The first kappa shape index (κ1) is 14.8. The van der Waals surface area contributed by atoms with E-state index in [9.17, 15) is 4.79 Å². The Morgan fingerprint density at radius 3 is 2.80 bits per heavy atom. The summed E-state index contributed by atoms with van der Waals surface area (Å²) in [6.45, 7) is 4.60. The monoisotopic (exact) mass is 282 g/mol. The molecule has 0 radical (unpaired) electrons. The molecule has 0 spiro atoms. The molecule has 1 aromatic rings. The zero-order chi connectivity index (χ0) is 14.7. The van der Waals surface area contributed by atoms with Crippen LogP contribution in [-0.2, 0) is 9.47 Å². The lowest BCUT2D eigenvalue weighted by Gasteiger charge is -2.30. The Bertz CT molecular complexity index is 468. The number of fused-ring (bicyclic) bond motifs is 1. The first-order valence-corrected chi connectivity index (χ1v) is 6.76. The van der Waals surface area contributed by atoms with Crippen molar-refractivity contribution in [3.8, 4) is 0 Å². The summed E-state index contributed by atoms with van der Waals surface area (Å²) in [5, 5.41) is 10.4. The maximum atomic E-state index is 12.1. The Balaban J connectivity index is 2.27. The fourth-order valence-corrected chi connectivity index (χ4v) is 2.42. The minimum atomic E-state index is -0.378. The van der Waals surface area contributed by atoms with Gasteiger partial charge in [-0.3, -0.25) is 4.79 Å². The Morgan fingerprint density at radius 2 is 2.20 bits per heavy atom. The molecular weight excluding hydrogens is 260 g/mol. The number of hydrogen-bond donors (Lipinski definition) is 2. The molecule has 112 valence electrons. The molecule has 1 aliphatic rings. The first-order chi connectivity index (χ1) is 9.58. The van der Waals surface area contributed by atoms with Crippen molar-refractivity contribution in [2.24, 2.45) is 0 Å². The Hall–Kier alpha value is -1.60. The van der Waals surface area contributed by atoms with E-state index in [-0.39, 0.29) is 24.3 Å². The van der Waals surface area contributed by atoms with Gasteiger partial charge in [0, 0.05) is 26.8 Å². The molecule has 0 fully saturated rings. The summed E-state index contributed by atoms with van der Waals surface area (Å²) in [6, 6.07) is 0.0463. The molecule has 7 heteroatoms. The minimum absolute atomic E-state index is 0.0400. The number of rotatable bonds is 5. The highest BCUT2D eigenvalue weighted by Crippen LogP contribution is 2.29. The van der Waals surface area contributed by atoms with Crippen LogP contribution in [0.25, 0.3) is 0 Å². The summed E-state index contributed by atoms with van der Waals surface area (Å²) >= 11 is 0. The first-order valence-electron chi connectivity index (χ1n) is 6.76. The largest absolute Gasteiger partial charge is 0.370 e. The van der Waals surface area contributed by atoms with Gasteiger partial charge in [-0.1, -0.05) is 0 Å². The van der Waals surface area contributed by atoms with Crippen molar-refractivity contribution >= 4 is 11.7 Å². The molecule has 0 aromatic carbocycles. The highest BCUT2D eigenvalue weighted by atomic mass is 16.7. The number of nitrogens with zero attached hydrogens (tertiary/aromatic N) is 2. The van der Waals surface area contributed by atoms with Gasteiger partial charge in [0.2, 0.25) is 0 Å². The second kappa shape index (κ2) is 6.23. The van der Waals surface area contributed by atoms with E-state index >= 15 is 0 Å². The second-order valence-corrected chi connectivity index (χ2v) is 5.10. The van der Waals surface area contributed by atoms with Gasteiger partial charge in [0.1, 0.15) is 17.4 Å². The highest BCUT2D eigenvalue weighted by molar-refractivity contribution is 5.98. The van der Waals surface area contributed by atoms with Crippen molar-refractivity contribution in [2.75, 3.05) is 26.1 Å². The Labute approximate surface area is 118 Å². The number of nitrogens with one attached hydrogen (secondary N) is 2. The fourth-order valence-electron chi connectivity index (χ4n) is 2.42. The smallest absolute Gasteiger partial charge is 0.256 e. The van der Waals surface area contributed by atoms with Gasteiger partial charge in [-0.25, -0.2) is 4.68 Å². The van der Waals surface area contributed by atoms with Gasteiger partial charge in [0.05, 0.1) is 6.20 Å². The third-order valence-electron chi connectivity index (χ3n) is 3.29. The van der Waals surface area contributed by atoms with Crippen LogP contribution in [0.5, 0.6) is 0 Å². The average molecular weight is 282 g/mol. The van der Waals surface area contributed by atoms with E-state index in [0.29, 0.717) is 5.56 Å². The second-order valence-electron chi connectivity index (χ2n) is 5.10. The van der Waals surface area contributed by atoms with Crippen molar-refractivity contribution in [1.82, 2.24) is 15.1 Å². The highest BCUT2D eigenvalue weighted by Gasteiger charge is 2.31. The van der Waals surface area contributed by atoms with E-state index < -0.39 is 0 Å². The van der Waals surface area contributed by atoms with Crippen LogP contribution < -0.4 is 10.6 Å². The topological polar surface area (TPSA) is 77.4 Å². The summed E-state index contributed by atoms with van der Waals surface area (Å²) in [6.07, 6.45) is 2.03. The van der Waals surface area contributed by atoms with Crippen molar-refractivity contribution in [3.05, 3.63) is 11.8 Å². The van der Waals surface area contributed by atoms with Crippen LogP contribution in [0.3, 0.4) is 0 Å². The predicted octanol–water partition coefficient (Wildman–Crippen LogP) is 0.997. The van der Waals surface area contributed by atoms with Crippen LogP contribution in [0.2, 0.25) is 0 Å². The van der Waals surface area contributed by atoms with Gasteiger partial charge in [-0.05, 0) is 20.3 Å². The lowest BCUT2D eigenvalue weighted by molar-refractivity contribution is -0.135. The predicted molar refractivity (Wildman–Crippen MR) is 74.8 cm³/mol. The number of amides is 1. The summed E-state index contributed by atoms with van der Waals surface area (Å²) in [5.74, 6) is 0.597. The molecule has 20 heavy (non-hydrogen) atoms. The molecule has 1 atom stereocenters. The zero-order valence-electron chi connectivity index (χ0n) is 12.3. The SMILES string of the molecule is COC(OC)C1CCNc2c(C(=O)NC(C)C)cnn21. The van der Waals surface area contributed by atoms with Crippen molar-refractivity contribution in [1.29, 1.82) is 0 Å². The standard InChI is InChI=1S/C13H22N4O3/c1-8(2)16-12(18)9-7-15-17-10(13(19-3)20-4)5-6-14-11(9)17/h7-8,10,13-14H,5-6H2,1-4H3,(H,16,18). The van der Waals surface area contributed by atoms with Gasteiger partial charge >= 0.3 is 0 Å². The molecule has 0 saturated carbocycles. The molecule has 1 unspecified atom stereocenters. The fraction of sp³-hybridized carbons (Fsp3) is 0.692. The Morgan fingerprint density at radius 1 is 1.50 bits per heavy atom. The molecule has 1 aliphatic heterocycles. The van der Waals surface area contributed by atoms with Crippen LogP contribution in [0.4, 0.5) is 5.82 Å². The van der Waals surface area contributed by atoms with Gasteiger partial charge in [-0.15, -0.1) is 0 Å². The lowest BCUT2D eigenvalue weighted by Crippen LogP contribution is -2.35. The Kier molecular flexibility index (Phi) is 4.61. The molecule has 2 heterocycles. The molecular formula is C13H22N4O3. The van der Waals surface area contributed by atoms with E-state index in [1.54, 1.807) is 25.1 Å². The van der Waals surface area contributed by atoms with E-state index in [2.05, 4.69) is 15.7 Å². The molecule has 1 amide bonds. The minimum Gasteiger partial charge on any atom is -0.370 e. The van der Waals surface area contributed by atoms with E-state index in [1.807, 2.05) is 13.8 Å². The maximum absolute atomic E-state index is 12.1. The van der Waals surface area contributed by atoms with Crippen molar-refractivity contribution < 1.29 is 14.3 Å². The molecule has 7 nitrogen and oxygen atoms in total. The van der Waals surface area contributed by atoms with Gasteiger partial charge in [-0.2, -0.15) is 5.10 Å². The number of ether oxygens (including phenoxy) is 2. The number of methoxy groups -OCH3 is 2. The van der Waals surface area contributed by atoms with Crippen LogP contribution >= 0.6 is 0 Å². The van der Waals surface area contributed by atoms with Crippen LogP contribution in [-0.4, -0.2) is 48.8 Å². The molecule has 0 saturated heterocycles. The van der Waals surface area contributed by atoms with Gasteiger partial charge < -0.3 is 20.1 Å². The number of hydrogen-bond acceptors (Lipinski definition) is 5. The normalized spacial score (nSPS) is 18.0. The molecule has 0 bridgehead atoms. The summed E-state index contributed by atoms with van der Waals surface area (Å²) in [7, 11) is 3.21. The summed E-state index contributed by atoms with van der Waals surface area (Å²) in [5.41, 5.74) is 0.550. The summed E-state index contributed by atoms with van der Waals surface area (Å²) < 4.78 is 12.4. The average Bonchev–Trinajstić information content (AvgIpc) is 2.84. The molecule has 0 aliphatic carbocycles. The molecule has 1 aromatic heterocycles. The molecule has 2 N–H and O–H groups in total. The van der Waals surface area contributed by atoms with Crippen LogP contribution in [0, 0.1) is 0 Å². The van der Waals surface area contributed by atoms with Crippen LogP contribution in [0.15, 0.2) is 6.20 Å². The van der Waals surface area contributed by atoms with Gasteiger partial charge in [0.15, 0.2) is 6.29 Å². The van der Waals surface area contributed by atoms with Crippen molar-refractivity contribution in [3.63, 3.8) is 0 Å². The third kappa shape index (κ3) is 2.78. The van der Waals surface area contributed by atoms with Crippen LogP contribution in [0.1, 0.15) is 36.7 Å². The lowest BCUT2D eigenvalue weighted by atomic mass is 10.1. The van der Waals surface area contributed by atoms with Crippen molar-refractivity contribution in [2.45, 2.75) is 38.6 Å². The van der Waals surface area contributed by atoms with Gasteiger partial charge in [0.25, 0.3) is 5.91 Å². The van der Waals surface area contributed by atoms with E-state index in [4.69, 9.17) is 9.47 Å². The number of carbonyl (C=O) groups is 1. The van der Waals surface area contributed by atoms with E-state index in [1.165, 1.54) is 0 Å². The third-order valence-corrected chi connectivity index (χ3v) is 3.29. The number of aromatic nitrogens is 2. The summed E-state index contributed by atoms with van der Waals surface area (Å²) in [4.78, 5) is 12.1. The number of carbonyl (C=O) groups excluding carboxylic acids is 1.